The van der Waals surface area contributed by atoms with Crippen molar-refractivity contribution in [2.24, 2.45) is 29.1 Å². The molecule has 3 heteroatoms. The first kappa shape index (κ1) is 12.5. The smallest absolute Gasteiger partial charge is 0.309 e. The molecule has 1 N–H and O–H groups in total. The Morgan fingerprint density at radius 1 is 1.33 bits per heavy atom. The van der Waals surface area contributed by atoms with Gasteiger partial charge in [0.05, 0.1) is 12.0 Å². The number of fused-ring (bicyclic) bond motifs is 2. The molecule has 102 valence electrons. The number of esters is 1. The number of hydrogen-bond donors (Lipinski definition) is 1. The van der Waals surface area contributed by atoms with Gasteiger partial charge in [-0.3, -0.25) is 4.79 Å². The van der Waals surface area contributed by atoms with E-state index in [0.29, 0.717) is 17.8 Å². The molecule has 1 aliphatic heterocycles. The van der Waals surface area contributed by atoms with Gasteiger partial charge in [-0.2, -0.15) is 0 Å². The minimum absolute atomic E-state index is 0.0330. The average Bonchev–Trinajstić information content (AvgIpc) is 2.58. The monoisotopic (exact) mass is 252 g/mol. The lowest BCUT2D eigenvalue weighted by Gasteiger charge is -2.54. The molecule has 0 radical (unpaired) electrons. The molecule has 7 atom stereocenters. The molecule has 2 saturated carbocycles. The molecule has 2 aliphatic carbocycles. The third-order valence-electron chi connectivity index (χ3n) is 6.12. The van der Waals surface area contributed by atoms with Crippen molar-refractivity contribution < 1.29 is 14.6 Å². The number of aliphatic hydroxyl groups excluding tert-OH is 1. The molecule has 0 aromatic rings. The van der Waals surface area contributed by atoms with E-state index in [1.807, 2.05) is 6.92 Å². The van der Waals surface area contributed by atoms with Crippen molar-refractivity contribution in [3.63, 3.8) is 0 Å². The minimum Gasteiger partial charge on any atom is -0.462 e. The summed E-state index contributed by atoms with van der Waals surface area (Å²) in [6.07, 6.45) is 3.73. The molecule has 3 fully saturated rings. The van der Waals surface area contributed by atoms with E-state index in [-0.39, 0.29) is 29.5 Å². The fraction of sp³-hybridized carbons (Fsp3) is 0.933. The van der Waals surface area contributed by atoms with Gasteiger partial charge in [-0.05, 0) is 37.5 Å². The average molecular weight is 252 g/mol. The summed E-state index contributed by atoms with van der Waals surface area (Å²) in [4.78, 5) is 11.7. The first-order valence-corrected chi connectivity index (χ1v) is 7.32. The van der Waals surface area contributed by atoms with E-state index in [0.717, 1.165) is 25.7 Å². The van der Waals surface area contributed by atoms with Crippen LogP contribution in [-0.4, -0.2) is 23.3 Å². The fourth-order valence-electron chi connectivity index (χ4n) is 4.75. The summed E-state index contributed by atoms with van der Waals surface area (Å²) in [6.45, 7) is 6.50. The number of aliphatic hydroxyl groups is 1. The van der Waals surface area contributed by atoms with Gasteiger partial charge in [0.2, 0.25) is 0 Å². The van der Waals surface area contributed by atoms with Crippen molar-refractivity contribution in [1.29, 1.82) is 0 Å². The zero-order valence-electron chi connectivity index (χ0n) is 11.6. The van der Waals surface area contributed by atoms with Crippen LogP contribution in [0, 0.1) is 29.1 Å². The summed E-state index contributed by atoms with van der Waals surface area (Å²) in [6, 6.07) is 0. The Morgan fingerprint density at radius 2 is 2.06 bits per heavy atom. The van der Waals surface area contributed by atoms with Crippen molar-refractivity contribution in [3.05, 3.63) is 0 Å². The van der Waals surface area contributed by atoms with Gasteiger partial charge in [-0.1, -0.05) is 20.8 Å². The van der Waals surface area contributed by atoms with Crippen LogP contribution < -0.4 is 0 Å². The van der Waals surface area contributed by atoms with E-state index in [1.165, 1.54) is 0 Å². The third-order valence-corrected chi connectivity index (χ3v) is 6.12. The van der Waals surface area contributed by atoms with Gasteiger partial charge in [0, 0.05) is 11.3 Å². The lowest BCUT2D eigenvalue weighted by Crippen LogP contribution is -2.53. The van der Waals surface area contributed by atoms with Gasteiger partial charge in [0.25, 0.3) is 0 Å². The highest BCUT2D eigenvalue weighted by Crippen LogP contribution is 2.57. The number of carbonyl (C=O) groups excluding carboxylic acids is 1. The van der Waals surface area contributed by atoms with Crippen LogP contribution in [0.5, 0.6) is 0 Å². The summed E-state index contributed by atoms with van der Waals surface area (Å²) in [5.41, 5.74) is -0.0524. The molecule has 18 heavy (non-hydrogen) atoms. The molecule has 0 amide bonds. The number of carbonyl (C=O) groups is 1. The Hall–Kier alpha value is -0.570. The zero-order valence-corrected chi connectivity index (χ0v) is 11.6. The van der Waals surface area contributed by atoms with Crippen molar-refractivity contribution >= 4 is 5.97 Å². The first-order valence-electron chi connectivity index (χ1n) is 7.32. The molecule has 0 aromatic heterocycles. The second-order valence-electron chi connectivity index (χ2n) is 7.05. The van der Waals surface area contributed by atoms with E-state index in [2.05, 4.69) is 13.8 Å². The summed E-state index contributed by atoms with van der Waals surface area (Å²) < 4.78 is 5.53. The highest BCUT2D eigenvalue weighted by atomic mass is 16.6. The standard InChI is InChI=1S/C15H24O3/c1-8-4-5-13(16)15(3)7-12-10(6-11(8)15)9(2)14(17)18-12/h8-13,16H,4-7H2,1-3H3/t8-,9+,10-,11+,12+,13-,15-/m1/s1. The van der Waals surface area contributed by atoms with Gasteiger partial charge >= 0.3 is 5.97 Å². The maximum atomic E-state index is 11.7. The molecular formula is C15H24O3. The normalized spacial score (nSPS) is 55.7. The predicted molar refractivity (Wildman–Crippen MR) is 67.8 cm³/mol. The van der Waals surface area contributed by atoms with E-state index in [9.17, 15) is 9.90 Å². The first-order chi connectivity index (χ1) is 8.43. The van der Waals surface area contributed by atoms with Crippen LogP contribution in [0.1, 0.15) is 46.5 Å². The van der Waals surface area contributed by atoms with Gasteiger partial charge in [-0.15, -0.1) is 0 Å². The van der Waals surface area contributed by atoms with Crippen LogP contribution in [0.15, 0.2) is 0 Å². The number of ether oxygens (including phenoxy) is 1. The lowest BCUT2D eigenvalue weighted by molar-refractivity contribution is -0.152. The van der Waals surface area contributed by atoms with E-state index in [4.69, 9.17) is 4.74 Å². The van der Waals surface area contributed by atoms with Crippen LogP contribution in [0.2, 0.25) is 0 Å². The van der Waals surface area contributed by atoms with Crippen molar-refractivity contribution in [2.75, 3.05) is 0 Å². The Morgan fingerprint density at radius 3 is 2.78 bits per heavy atom. The van der Waals surface area contributed by atoms with Crippen LogP contribution in [-0.2, 0) is 9.53 Å². The van der Waals surface area contributed by atoms with E-state index >= 15 is 0 Å². The zero-order chi connectivity index (χ0) is 13.1. The molecule has 3 aliphatic rings. The molecule has 0 spiro atoms. The van der Waals surface area contributed by atoms with Crippen LogP contribution >= 0.6 is 0 Å². The van der Waals surface area contributed by atoms with E-state index < -0.39 is 0 Å². The number of hydrogen-bond acceptors (Lipinski definition) is 3. The summed E-state index contributed by atoms with van der Waals surface area (Å²) in [7, 11) is 0. The van der Waals surface area contributed by atoms with Crippen LogP contribution in [0.25, 0.3) is 0 Å². The summed E-state index contributed by atoms with van der Waals surface area (Å²) in [5.74, 6) is 1.59. The molecule has 0 bridgehead atoms. The second-order valence-corrected chi connectivity index (χ2v) is 7.05. The molecule has 3 nitrogen and oxygen atoms in total. The SMILES string of the molecule is C[C@@H]1CC[C@@H](O)[C@]2(C)C[C@@H]3OC(=O)[C@@H](C)[C@H]3C[C@@H]12. The fourth-order valence-corrected chi connectivity index (χ4v) is 4.75. The van der Waals surface area contributed by atoms with Gasteiger partial charge < -0.3 is 9.84 Å². The van der Waals surface area contributed by atoms with Crippen molar-refractivity contribution in [1.82, 2.24) is 0 Å². The summed E-state index contributed by atoms with van der Waals surface area (Å²) in [5, 5.41) is 10.4. The van der Waals surface area contributed by atoms with Crippen LogP contribution in [0.3, 0.4) is 0 Å². The molecule has 0 unspecified atom stereocenters. The quantitative estimate of drug-likeness (QED) is 0.673. The van der Waals surface area contributed by atoms with E-state index in [1.54, 1.807) is 0 Å². The largest absolute Gasteiger partial charge is 0.462 e. The highest BCUT2D eigenvalue weighted by Gasteiger charge is 2.57. The third kappa shape index (κ3) is 1.56. The van der Waals surface area contributed by atoms with Crippen LogP contribution in [0.4, 0.5) is 0 Å². The lowest BCUT2D eigenvalue weighted by atomic mass is 9.52. The topological polar surface area (TPSA) is 46.5 Å². The highest BCUT2D eigenvalue weighted by molar-refractivity contribution is 5.74. The predicted octanol–water partition coefficient (Wildman–Crippen LogP) is 2.37. The summed E-state index contributed by atoms with van der Waals surface area (Å²) >= 11 is 0. The maximum Gasteiger partial charge on any atom is 0.309 e. The minimum atomic E-state index is -0.228. The Bertz CT molecular complexity index is 367. The van der Waals surface area contributed by atoms with Crippen molar-refractivity contribution in [3.8, 4) is 0 Å². The maximum absolute atomic E-state index is 11.7. The van der Waals surface area contributed by atoms with Gasteiger partial charge in [-0.25, -0.2) is 0 Å². The van der Waals surface area contributed by atoms with Gasteiger partial charge in [0.1, 0.15) is 6.10 Å². The Balaban J connectivity index is 1.90. The second kappa shape index (κ2) is 3.96. The molecule has 3 rings (SSSR count). The molecule has 1 saturated heterocycles. The number of rotatable bonds is 0. The van der Waals surface area contributed by atoms with Gasteiger partial charge in [0.15, 0.2) is 0 Å². The Kier molecular flexibility index (Phi) is 2.74. The Labute approximate surface area is 109 Å². The molecule has 0 aromatic carbocycles. The van der Waals surface area contributed by atoms with Crippen molar-refractivity contribution in [2.45, 2.75) is 58.7 Å². The molecular weight excluding hydrogens is 228 g/mol. The molecule has 1 heterocycles.